The smallest absolute Gasteiger partial charge is 0.402 e. The molecule has 2 unspecified atom stereocenters. The number of carbonyl (C=O) groups excluding carboxylic acids is 2. The number of rotatable bonds is 9. The summed E-state index contributed by atoms with van der Waals surface area (Å²) < 4.78 is 68.4. The molecule has 4 fully saturated rings. The second-order valence-electron chi connectivity index (χ2n) is 10.6. The lowest BCUT2D eigenvalue weighted by atomic mass is 9.50. The van der Waals surface area contributed by atoms with Gasteiger partial charge < -0.3 is 9.47 Å². The lowest BCUT2D eigenvalue weighted by Crippen LogP contribution is -2.58. The van der Waals surface area contributed by atoms with Gasteiger partial charge >= 0.3 is 27.3 Å². The van der Waals surface area contributed by atoms with Crippen molar-refractivity contribution < 1.29 is 40.8 Å². The second kappa shape index (κ2) is 9.78. The molecule has 4 saturated carbocycles. The van der Waals surface area contributed by atoms with Gasteiger partial charge in [0.25, 0.3) is 0 Å². The summed E-state index contributed by atoms with van der Waals surface area (Å²) in [4.78, 5) is 26.2. The number of hydrogen-bond donors (Lipinski definition) is 1. The number of ether oxygens (including phenoxy) is 2. The summed E-state index contributed by atoms with van der Waals surface area (Å²) in [5, 5.41) is -4.56. The predicted molar refractivity (Wildman–Crippen MR) is 136 cm³/mol. The van der Waals surface area contributed by atoms with Crippen LogP contribution in [0.1, 0.15) is 59.2 Å². The third-order valence-electron chi connectivity index (χ3n) is 8.32. The minimum Gasteiger partial charge on any atom is -0.458 e. The molecule has 2 atom stereocenters. The summed E-state index contributed by atoms with van der Waals surface area (Å²) in [6, 6.07) is 4.05. The van der Waals surface area contributed by atoms with Gasteiger partial charge in [0.2, 0.25) is 0 Å². The minimum atomic E-state index is -5.68. The number of benzene rings is 1. The minimum absolute atomic E-state index is 0.199. The molecule has 0 aliphatic heterocycles. The fraction of sp³-hybridized carbons (Fsp3) is 0.652. The van der Waals surface area contributed by atoms with E-state index in [2.05, 4.69) is 18.6 Å². The summed E-state index contributed by atoms with van der Waals surface area (Å²) in [5.41, 5.74) is 3.09. The lowest BCUT2D eigenvalue weighted by Gasteiger charge is -2.58. The van der Waals surface area contributed by atoms with E-state index in [-0.39, 0.29) is 23.7 Å². The van der Waals surface area contributed by atoms with Crippen LogP contribution in [0.4, 0.5) is 8.78 Å². The number of alkyl halides is 2. The van der Waals surface area contributed by atoms with Crippen molar-refractivity contribution in [3.05, 3.63) is 34.4 Å². The zero-order valence-electron chi connectivity index (χ0n) is 20.9. The SMILES string of the molecule is BCc1cc(CB)c(CB)c(C(=O)OC23CC4CC(C2)C(C(=O)OCC(F)(F)S(=O)(=O)O)C(C4)C3)c1. The quantitative estimate of drug-likeness (QED) is 0.286. The monoisotopic (exact) mass is 522 g/mol. The molecule has 4 aliphatic carbocycles. The second-order valence-corrected chi connectivity index (χ2v) is 12.2. The van der Waals surface area contributed by atoms with Gasteiger partial charge in [-0.25, -0.2) is 4.79 Å². The van der Waals surface area contributed by atoms with Gasteiger partial charge in [0, 0.05) is 0 Å². The largest absolute Gasteiger partial charge is 0.458 e. The maximum absolute atomic E-state index is 13.6. The lowest BCUT2D eigenvalue weighted by molar-refractivity contribution is -0.186. The van der Waals surface area contributed by atoms with E-state index in [0.29, 0.717) is 44.0 Å². The van der Waals surface area contributed by atoms with E-state index < -0.39 is 39.5 Å². The van der Waals surface area contributed by atoms with Crippen molar-refractivity contribution in [2.24, 2.45) is 23.7 Å². The molecule has 4 bridgehead atoms. The summed E-state index contributed by atoms with van der Waals surface area (Å²) in [7, 11) is 0.438. The van der Waals surface area contributed by atoms with Gasteiger partial charge in [-0.15, -0.1) is 0 Å². The molecule has 0 radical (unpaired) electrons. The molecule has 0 aromatic heterocycles. The molecule has 1 aromatic carbocycles. The molecule has 5 rings (SSSR count). The van der Waals surface area contributed by atoms with E-state index in [0.717, 1.165) is 29.3 Å². The first kappa shape index (κ1) is 27.2. The van der Waals surface area contributed by atoms with Crippen LogP contribution in [-0.2, 0) is 43.3 Å². The molecule has 194 valence electrons. The van der Waals surface area contributed by atoms with Gasteiger partial charge in [-0.2, -0.15) is 17.2 Å². The van der Waals surface area contributed by atoms with Crippen molar-refractivity contribution in [1.29, 1.82) is 0 Å². The third kappa shape index (κ3) is 4.97. The van der Waals surface area contributed by atoms with Crippen molar-refractivity contribution in [2.75, 3.05) is 6.61 Å². The standard InChI is InChI=1S/C23H31B3F2O7S/c24-8-13-3-16(9-25)18(10-26)17(4-13)20(29)35-22-5-12-1-14(6-22)19(15(2-12)7-22)21(30)34-11-23(27,28)36(31,32)33/h3-4,12,14-15,19H,1-2,5-11,24-26H2,(H,31,32,33). The van der Waals surface area contributed by atoms with Crippen molar-refractivity contribution in [1.82, 2.24) is 0 Å². The van der Waals surface area contributed by atoms with Crippen LogP contribution in [0, 0.1) is 23.7 Å². The van der Waals surface area contributed by atoms with Crippen molar-refractivity contribution in [3.63, 3.8) is 0 Å². The molecule has 0 amide bonds. The highest BCUT2D eigenvalue weighted by Gasteiger charge is 2.60. The van der Waals surface area contributed by atoms with Crippen molar-refractivity contribution in [2.45, 2.75) is 61.9 Å². The van der Waals surface area contributed by atoms with E-state index in [1.165, 1.54) is 0 Å². The van der Waals surface area contributed by atoms with Crippen LogP contribution in [0.3, 0.4) is 0 Å². The van der Waals surface area contributed by atoms with Gasteiger partial charge in [-0.3, -0.25) is 9.35 Å². The first-order valence-electron chi connectivity index (χ1n) is 12.7. The van der Waals surface area contributed by atoms with Gasteiger partial charge in [-0.05, 0) is 61.5 Å². The number of esters is 2. The molecule has 4 aliphatic rings. The van der Waals surface area contributed by atoms with Crippen LogP contribution in [0.25, 0.3) is 0 Å². The number of halogens is 2. The summed E-state index contributed by atoms with van der Waals surface area (Å²) in [6.07, 6.45) is 5.33. The van der Waals surface area contributed by atoms with Crippen LogP contribution < -0.4 is 0 Å². The van der Waals surface area contributed by atoms with Gasteiger partial charge in [0.15, 0.2) is 6.61 Å². The van der Waals surface area contributed by atoms with E-state index in [4.69, 9.17) is 9.29 Å². The number of carbonyl (C=O) groups is 2. The average molecular weight is 522 g/mol. The molecule has 36 heavy (non-hydrogen) atoms. The molecule has 0 heterocycles. The molecular formula is C23H31B3F2O7S. The Balaban J connectivity index is 1.51. The molecule has 7 nitrogen and oxygen atoms in total. The highest BCUT2D eigenvalue weighted by Crippen LogP contribution is 2.60. The summed E-state index contributed by atoms with van der Waals surface area (Å²) >= 11 is 0. The Labute approximate surface area is 213 Å². The number of hydrogen-bond acceptors (Lipinski definition) is 6. The summed E-state index contributed by atoms with van der Waals surface area (Å²) in [5.74, 6) is -2.04. The van der Waals surface area contributed by atoms with E-state index >= 15 is 0 Å². The average Bonchev–Trinajstić information content (AvgIpc) is 2.80. The molecular weight excluding hydrogens is 491 g/mol. The summed E-state index contributed by atoms with van der Waals surface area (Å²) in [6.45, 7) is -1.72. The highest BCUT2D eigenvalue weighted by molar-refractivity contribution is 7.86. The normalized spacial score (nSPS) is 29.2. The van der Waals surface area contributed by atoms with E-state index in [1.54, 1.807) is 0 Å². The fourth-order valence-electron chi connectivity index (χ4n) is 6.95. The molecule has 0 saturated heterocycles. The van der Waals surface area contributed by atoms with Crippen LogP contribution in [0.5, 0.6) is 0 Å². The maximum Gasteiger partial charge on any atom is 0.402 e. The maximum atomic E-state index is 13.6. The zero-order chi connectivity index (χ0) is 26.5. The van der Waals surface area contributed by atoms with E-state index in [1.807, 2.05) is 21.8 Å². The highest BCUT2D eigenvalue weighted by atomic mass is 32.2. The Hall–Kier alpha value is -1.88. The van der Waals surface area contributed by atoms with Gasteiger partial charge in [-0.1, -0.05) is 36.2 Å². The first-order chi connectivity index (χ1) is 16.8. The van der Waals surface area contributed by atoms with Crippen molar-refractivity contribution >= 4 is 45.6 Å². The van der Waals surface area contributed by atoms with E-state index in [9.17, 15) is 26.8 Å². The Morgan fingerprint density at radius 2 is 1.69 bits per heavy atom. The Bertz CT molecular complexity index is 1140. The van der Waals surface area contributed by atoms with Crippen LogP contribution in [0.15, 0.2) is 12.1 Å². The molecule has 1 N–H and O–H groups in total. The molecule has 0 spiro atoms. The van der Waals surface area contributed by atoms with Crippen LogP contribution in [0.2, 0.25) is 0 Å². The Morgan fingerprint density at radius 3 is 2.22 bits per heavy atom. The third-order valence-corrected chi connectivity index (χ3v) is 9.20. The first-order valence-corrected chi connectivity index (χ1v) is 14.2. The zero-order valence-corrected chi connectivity index (χ0v) is 21.7. The van der Waals surface area contributed by atoms with Crippen LogP contribution >= 0.6 is 0 Å². The van der Waals surface area contributed by atoms with Crippen LogP contribution in [-0.4, -0.2) is 65.9 Å². The molecule has 13 heteroatoms. The topological polar surface area (TPSA) is 107 Å². The predicted octanol–water partition coefficient (Wildman–Crippen LogP) is 0.461. The van der Waals surface area contributed by atoms with Gasteiger partial charge in [0.05, 0.1) is 11.5 Å². The molecule has 1 aromatic rings. The van der Waals surface area contributed by atoms with Crippen molar-refractivity contribution in [3.8, 4) is 0 Å². The Morgan fingerprint density at radius 1 is 1.06 bits per heavy atom. The Kier molecular flexibility index (Phi) is 7.38. The fourth-order valence-corrected chi connectivity index (χ4v) is 7.16. The van der Waals surface area contributed by atoms with Gasteiger partial charge in [0.1, 0.15) is 29.1 Å².